The molecule has 0 aromatic heterocycles. The van der Waals surface area contributed by atoms with Crippen LogP contribution in [-0.2, 0) is 4.57 Å². The Bertz CT molecular complexity index is 486. The van der Waals surface area contributed by atoms with Crippen molar-refractivity contribution in [2.24, 2.45) is 11.8 Å². The average molecular weight is 390 g/mol. The standard InChI is InChI=1S/C19H35O6P/c1-2-3-6-9-15(20)11-12-17-16(18(21)14-19(17)22)10-7-4-5-8-13-26(23,24)25/h4,7,11-12,15-22H,2-3,5-6,8-10,13-14H2,1H3,(H2,23,24,25)/b7-4-,12-11+/t15-,16+,17+,18-,19+/m0/s1. The Morgan fingerprint density at radius 1 is 1.12 bits per heavy atom. The lowest BCUT2D eigenvalue weighted by atomic mass is 9.89. The maximum Gasteiger partial charge on any atom is 0.325 e. The minimum Gasteiger partial charge on any atom is -0.393 e. The molecule has 1 rings (SSSR count). The summed E-state index contributed by atoms with van der Waals surface area (Å²) >= 11 is 0. The van der Waals surface area contributed by atoms with E-state index in [0.717, 1.165) is 19.3 Å². The Morgan fingerprint density at radius 3 is 2.50 bits per heavy atom. The van der Waals surface area contributed by atoms with Crippen molar-refractivity contribution in [1.82, 2.24) is 0 Å². The summed E-state index contributed by atoms with van der Waals surface area (Å²) in [5.74, 6) is -0.298. The van der Waals surface area contributed by atoms with Gasteiger partial charge in [0.1, 0.15) is 0 Å². The molecule has 0 bridgehead atoms. The Balaban J connectivity index is 2.47. The average Bonchev–Trinajstić information content (AvgIpc) is 2.81. The van der Waals surface area contributed by atoms with E-state index in [1.165, 1.54) is 0 Å². The summed E-state index contributed by atoms with van der Waals surface area (Å²) < 4.78 is 10.8. The van der Waals surface area contributed by atoms with E-state index < -0.39 is 25.9 Å². The topological polar surface area (TPSA) is 118 Å². The zero-order valence-electron chi connectivity index (χ0n) is 15.7. The monoisotopic (exact) mass is 390 g/mol. The second kappa shape index (κ2) is 12.1. The van der Waals surface area contributed by atoms with Gasteiger partial charge in [-0.1, -0.05) is 50.5 Å². The van der Waals surface area contributed by atoms with Crippen LogP contribution in [0.25, 0.3) is 0 Å². The molecule has 1 saturated carbocycles. The van der Waals surface area contributed by atoms with Gasteiger partial charge < -0.3 is 25.1 Å². The molecule has 0 unspecified atom stereocenters. The van der Waals surface area contributed by atoms with Crippen LogP contribution >= 0.6 is 7.60 Å². The summed E-state index contributed by atoms with van der Waals surface area (Å²) in [7, 11) is -3.93. The van der Waals surface area contributed by atoms with E-state index in [-0.39, 0.29) is 18.0 Å². The van der Waals surface area contributed by atoms with Gasteiger partial charge in [-0.2, -0.15) is 0 Å². The zero-order chi connectivity index (χ0) is 19.6. The van der Waals surface area contributed by atoms with Crippen molar-refractivity contribution >= 4 is 7.60 Å². The first-order chi connectivity index (χ1) is 12.2. The van der Waals surface area contributed by atoms with E-state index in [4.69, 9.17) is 9.79 Å². The molecular formula is C19H35O6P. The molecular weight excluding hydrogens is 355 g/mol. The van der Waals surface area contributed by atoms with Crippen LogP contribution in [-0.4, -0.2) is 49.6 Å². The third kappa shape index (κ3) is 9.45. The molecule has 1 aliphatic carbocycles. The highest BCUT2D eigenvalue weighted by molar-refractivity contribution is 7.51. The fourth-order valence-electron chi connectivity index (χ4n) is 3.45. The van der Waals surface area contributed by atoms with E-state index in [1.54, 1.807) is 6.08 Å². The highest BCUT2D eigenvalue weighted by Gasteiger charge is 2.39. The van der Waals surface area contributed by atoms with Crippen LogP contribution in [0.2, 0.25) is 0 Å². The van der Waals surface area contributed by atoms with Crippen LogP contribution < -0.4 is 0 Å². The predicted molar refractivity (Wildman–Crippen MR) is 103 cm³/mol. The summed E-state index contributed by atoms with van der Waals surface area (Å²) in [5, 5.41) is 30.4. The predicted octanol–water partition coefficient (Wildman–Crippen LogP) is 2.75. The Hall–Kier alpha value is -0.490. The minimum atomic E-state index is -3.93. The molecule has 5 atom stereocenters. The summed E-state index contributed by atoms with van der Waals surface area (Å²) in [6.45, 7) is 2.11. The molecule has 0 amide bonds. The molecule has 152 valence electrons. The highest BCUT2D eigenvalue weighted by Crippen LogP contribution is 2.37. The van der Waals surface area contributed by atoms with Crippen LogP contribution in [0.15, 0.2) is 24.3 Å². The first kappa shape index (κ1) is 23.5. The van der Waals surface area contributed by atoms with Gasteiger partial charge in [0.15, 0.2) is 0 Å². The molecule has 0 aromatic rings. The van der Waals surface area contributed by atoms with E-state index in [2.05, 4.69) is 6.92 Å². The fourth-order valence-corrected chi connectivity index (χ4v) is 4.04. The summed E-state index contributed by atoms with van der Waals surface area (Å²) in [4.78, 5) is 17.6. The number of rotatable bonds is 12. The van der Waals surface area contributed by atoms with Crippen LogP contribution in [0.4, 0.5) is 0 Å². The Morgan fingerprint density at radius 2 is 1.85 bits per heavy atom. The van der Waals surface area contributed by atoms with Gasteiger partial charge in [0.05, 0.1) is 24.5 Å². The molecule has 0 heterocycles. The van der Waals surface area contributed by atoms with Crippen LogP contribution in [0.5, 0.6) is 0 Å². The van der Waals surface area contributed by atoms with Crippen molar-refractivity contribution in [3.8, 4) is 0 Å². The van der Waals surface area contributed by atoms with Gasteiger partial charge >= 0.3 is 7.60 Å². The van der Waals surface area contributed by atoms with Gasteiger partial charge in [-0.05, 0) is 31.6 Å². The molecule has 0 saturated heterocycles. The van der Waals surface area contributed by atoms with Crippen molar-refractivity contribution in [3.63, 3.8) is 0 Å². The smallest absolute Gasteiger partial charge is 0.325 e. The minimum absolute atomic E-state index is 0.109. The lowest BCUT2D eigenvalue weighted by molar-refractivity contribution is 0.120. The third-order valence-corrected chi connectivity index (χ3v) is 5.87. The number of hydrogen-bond acceptors (Lipinski definition) is 4. The van der Waals surface area contributed by atoms with E-state index in [9.17, 15) is 19.9 Å². The molecule has 5 N–H and O–H groups in total. The highest BCUT2D eigenvalue weighted by atomic mass is 31.2. The molecule has 6 nitrogen and oxygen atoms in total. The fraction of sp³-hybridized carbons (Fsp3) is 0.789. The largest absolute Gasteiger partial charge is 0.393 e. The summed E-state index contributed by atoms with van der Waals surface area (Å²) in [5.41, 5.74) is 0. The number of aliphatic hydroxyl groups is 3. The molecule has 0 spiro atoms. The van der Waals surface area contributed by atoms with Crippen LogP contribution in [0.3, 0.4) is 0 Å². The second-order valence-electron chi connectivity index (χ2n) is 7.30. The number of allylic oxidation sites excluding steroid dienone is 2. The Labute approximate surface area is 156 Å². The van der Waals surface area contributed by atoms with Crippen molar-refractivity contribution in [1.29, 1.82) is 0 Å². The van der Waals surface area contributed by atoms with Gasteiger partial charge in [0.2, 0.25) is 0 Å². The van der Waals surface area contributed by atoms with E-state index in [0.29, 0.717) is 32.1 Å². The van der Waals surface area contributed by atoms with Crippen LogP contribution in [0, 0.1) is 11.8 Å². The maximum absolute atomic E-state index is 10.8. The first-order valence-electron chi connectivity index (χ1n) is 9.66. The summed E-state index contributed by atoms with van der Waals surface area (Å²) in [6, 6.07) is 0. The molecule has 0 aromatic carbocycles. The second-order valence-corrected chi connectivity index (χ2v) is 9.07. The number of aliphatic hydroxyl groups excluding tert-OH is 3. The normalized spacial score (nSPS) is 28.4. The van der Waals surface area contributed by atoms with Gasteiger partial charge in [-0.3, -0.25) is 4.57 Å². The van der Waals surface area contributed by atoms with Crippen molar-refractivity contribution in [2.45, 2.75) is 76.6 Å². The first-order valence-corrected chi connectivity index (χ1v) is 11.5. The number of hydrogen-bond donors (Lipinski definition) is 5. The third-order valence-electron chi connectivity index (χ3n) is 4.97. The zero-order valence-corrected chi connectivity index (χ0v) is 16.5. The molecule has 0 radical (unpaired) electrons. The SMILES string of the molecule is CCCCC[C@H](O)/C=C/[C@@H]1[C@@H](C/C=C\CCCP(=O)(O)O)[C@@H](O)C[C@H]1O. The Kier molecular flexibility index (Phi) is 10.9. The van der Waals surface area contributed by atoms with E-state index in [1.807, 2.05) is 18.2 Å². The quantitative estimate of drug-likeness (QED) is 0.199. The van der Waals surface area contributed by atoms with Crippen molar-refractivity contribution in [2.75, 3.05) is 6.16 Å². The van der Waals surface area contributed by atoms with Gasteiger partial charge in [-0.15, -0.1) is 0 Å². The molecule has 7 heteroatoms. The molecule has 1 aliphatic rings. The van der Waals surface area contributed by atoms with Gasteiger partial charge in [-0.25, -0.2) is 0 Å². The van der Waals surface area contributed by atoms with Crippen molar-refractivity contribution < 1.29 is 29.7 Å². The van der Waals surface area contributed by atoms with Crippen LogP contribution in [0.1, 0.15) is 58.3 Å². The molecule has 0 aliphatic heterocycles. The lowest BCUT2D eigenvalue weighted by Crippen LogP contribution is -2.20. The maximum atomic E-state index is 10.8. The van der Waals surface area contributed by atoms with E-state index >= 15 is 0 Å². The lowest BCUT2D eigenvalue weighted by Gasteiger charge is -2.19. The number of unbranched alkanes of at least 4 members (excludes halogenated alkanes) is 3. The molecule has 26 heavy (non-hydrogen) atoms. The van der Waals surface area contributed by atoms with Crippen molar-refractivity contribution in [3.05, 3.63) is 24.3 Å². The molecule has 1 fully saturated rings. The van der Waals surface area contributed by atoms with Gasteiger partial charge in [0, 0.05) is 12.3 Å². The van der Waals surface area contributed by atoms with Gasteiger partial charge in [0.25, 0.3) is 0 Å². The summed E-state index contributed by atoms with van der Waals surface area (Å²) in [6.07, 6.45) is 11.3.